The number of terminal acetylenes is 1. The molecule has 0 aromatic carbocycles. The number of hydrogen-bond acceptors (Lipinski definition) is 0. The molecule has 0 aliphatic heterocycles. The van der Waals surface area contributed by atoms with Crippen molar-refractivity contribution < 1.29 is 0 Å². The third kappa shape index (κ3) is 2.69. The summed E-state index contributed by atoms with van der Waals surface area (Å²) in [7, 11) is 0. The Morgan fingerprint density at radius 2 is 1.85 bits per heavy atom. The van der Waals surface area contributed by atoms with Crippen LogP contribution in [0.15, 0.2) is 35.5 Å². The first kappa shape index (κ1) is 9.43. The van der Waals surface area contributed by atoms with Crippen LogP contribution in [0.25, 0.3) is 0 Å². The summed E-state index contributed by atoms with van der Waals surface area (Å²) in [5, 5.41) is 0. The van der Waals surface area contributed by atoms with Gasteiger partial charge < -0.3 is 0 Å². The molecule has 0 saturated carbocycles. The fraction of sp³-hybridized carbons (Fsp3) is 0.231. The highest BCUT2D eigenvalue weighted by Gasteiger charge is 1.97. The fourth-order valence-electron chi connectivity index (χ4n) is 0.989. The van der Waals surface area contributed by atoms with Crippen molar-refractivity contribution >= 4 is 0 Å². The predicted octanol–water partition coefficient (Wildman–Crippen LogP) is 2.70. The lowest BCUT2D eigenvalue weighted by Crippen LogP contribution is -1.83. The van der Waals surface area contributed by atoms with Gasteiger partial charge in [0, 0.05) is 0 Å². The Bertz CT molecular complexity index is 356. The van der Waals surface area contributed by atoms with Crippen molar-refractivity contribution in [2.75, 3.05) is 0 Å². The first-order chi connectivity index (χ1) is 6.24. The van der Waals surface area contributed by atoms with E-state index in [-0.39, 0.29) is 5.92 Å². The monoisotopic (exact) mass is 168 g/mol. The lowest BCUT2D eigenvalue weighted by molar-refractivity contribution is 1.15. The largest absolute Gasteiger partial charge is 0.114 e. The molecule has 13 heavy (non-hydrogen) atoms. The molecular formula is C13H12. The third-order valence-corrected chi connectivity index (χ3v) is 1.76. The van der Waals surface area contributed by atoms with E-state index in [1.165, 1.54) is 0 Å². The molecule has 0 nitrogen and oxygen atoms in total. The van der Waals surface area contributed by atoms with Gasteiger partial charge in [-0.3, -0.25) is 0 Å². The Morgan fingerprint density at radius 3 is 2.31 bits per heavy atom. The van der Waals surface area contributed by atoms with Crippen molar-refractivity contribution in [3.8, 4) is 24.2 Å². The number of allylic oxidation sites excluding steroid dienone is 6. The van der Waals surface area contributed by atoms with E-state index in [1.54, 1.807) is 0 Å². The van der Waals surface area contributed by atoms with Crippen LogP contribution in [0, 0.1) is 30.1 Å². The summed E-state index contributed by atoms with van der Waals surface area (Å²) in [6, 6.07) is 0. The van der Waals surface area contributed by atoms with Gasteiger partial charge in [0.2, 0.25) is 0 Å². The minimum atomic E-state index is 0.239. The maximum absolute atomic E-state index is 5.31. The van der Waals surface area contributed by atoms with Crippen LogP contribution >= 0.6 is 0 Å². The van der Waals surface area contributed by atoms with E-state index in [0.717, 1.165) is 11.1 Å². The Hall–Kier alpha value is -1.66. The summed E-state index contributed by atoms with van der Waals surface area (Å²) in [6.45, 7) is 3.95. The standard InChI is InChI=1S/C13H12/c1-4-13(11(2)3)10-9-12-7-5-6-8-12/h1,5-8,12H,2-3H3. The van der Waals surface area contributed by atoms with Gasteiger partial charge in [0.1, 0.15) is 0 Å². The summed E-state index contributed by atoms with van der Waals surface area (Å²) >= 11 is 0. The van der Waals surface area contributed by atoms with E-state index < -0.39 is 0 Å². The SMILES string of the molecule is C#CC(C#CC1C=CC=C1)=C(C)C. The maximum Gasteiger partial charge on any atom is 0.0728 e. The molecule has 1 rings (SSSR count). The van der Waals surface area contributed by atoms with E-state index in [4.69, 9.17) is 6.42 Å². The van der Waals surface area contributed by atoms with Crippen molar-refractivity contribution in [2.24, 2.45) is 5.92 Å². The Morgan fingerprint density at radius 1 is 1.23 bits per heavy atom. The Labute approximate surface area is 80.0 Å². The molecule has 1 aliphatic rings. The molecule has 64 valence electrons. The normalized spacial score (nSPS) is 13.3. The molecule has 0 aromatic heterocycles. The molecule has 0 unspecified atom stereocenters. The Kier molecular flexibility index (Phi) is 3.18. The van der Waals surface area contributed by atoms with Crippen molar-refractivity contribution in [3.05, 3.63) is 35.5 Å². The van der Waals surface area contributed by atoms with Crippen LogP contribution in [0.3, 0.4) is 0 Å². The van der Waals surface area contributed by atoms with Gasteiger partial charge in [-0.1, -0.05) is 47.6 Å². The van der Waals surface area contributed by atoms with E-state index in [1.807, 2.05) is 38.2 Å². The van der Waals surface area contributed by atoms with Gasteiger partial charge in [-0.15, -0.1) is 6.42 Å². The lowest BCUT2D eigenvalue weighted by atomic mass is 10.1. The first-order valence-electron chi connectivity index (χ1n) is 4.24. The average Bonchev–Trinajstić information content (AvgIpc) is 2.57. The molecule has 0 heteroatoms. The number of rotatable bonds is 0. The third-order valence-electron chi connectivity index (χ3n) is 1.76. The summed E-state index contributed by atoms with van der Waals surface area (Å²) in [6.07, 6.45) is 13.4. The molecule has 0 fully saturated rings. The molecule has 0 saturated heterocycles. The molecule has 0 spiro atoms. The molecule has 0 heterocycles. The van der Waals surface area contributed by atoms with Gasteiger partial charge in [-0.2, -0.15) is 0 Å². The molecule has 0 atom stereocenters. The van der Waals surface area contributed by atoms with Crippen molar-refractivity contribution in [3.63, 3.8) is 0 Å². The van der Waals surface area contributed by atoms with E-state index in [0.29, 0.717) is 0 Å². The highest BCUT2D eigenvalue weighted by Crippen LogP contribution is 2.07. The molecule has 0 radical (unpaired) electrons. The zero-order valence-electron chi connectivity index (χ0n) is 7.96. The Balaban J connectivity index is 2.77. The van der Waals surface area contributed by atoms with Gasteiger partial charge in [-0.25, -0.2) is 0 Å². The van der Waals surface area contributed by atoms with Crippen LogP contribution in [-0.2, 0) is 0 Å². The van der Waals surface area contributed by atoms with Crippen LogP contribution in [0.5, 0.6) is 0 Å². The van der Waals surface area contributed by atoms with Gasteiger partial charge in [-0.05, 0) is 13.8 Å². The lowest BCUT2D eigenvalue weighted by Gasteiger charge is -1.92. The highest BCUT2D eigenvalue weighted by molar-refractivity contribution is 5.47. The van der Waals surface area contributed by atoms with E-state index >= 15 is 0 Å². The molecule has 0 aromatic rings. The highest BCUT2D eigenvalue weighted by atomic mass is 14.0. The maximum atomic E-state index is 5.31. The molecular weight excluding hydrogens is 156 g/mol. The fourth-order valence-corrected chi connectivity index (χ4v) is 0.989. The van der Waals surface area contributed by atoms with Crippen molar-refractivity contribution in [1.82, 2.24) is 0 Å². The van der Waals surface area contributed by atoms with Gasteiger partial charge in [0.25, 0.3) is 0 Å². The topological polar surface area (TPSA) is 0 Å². The number of hydrogen-bond donors (Lipinski definition) is 0. The van der Waals surface area contributed by atoms with E-state index in [9.17, 15) is 0 Å². The quantitative estimate of drug-likeness (QED) is 0.488. The van der Waals surface area contributed by atoms with Gasteiger partial charge in [0.05, 0.1) is 11.5 Å². The van der Waals surface area contributed by atoms with Gasteiger partial charge >= 0.3 is 0 Å². The molecule has 1 aliphatic carbocycles. The summed E-state index contributed by atoms with van der Waals surface area (Å²) in [5.41, 5.74) is 1.90. The van der Waals surface area contributed by atoms with Crippen molar-refractivity contribution in [2.45, 2.75) is 13.8 Å². The van der Waals surface area contributed by atoms with E-state index in [2.05, 4.69) is 17.8 Å². The smallest absolute Gasteiger partial charge is 0.0728 e. The second-order valence-electron chi connectivity index (χ2n) is 3.08. The predicted molar refractivity (Wildman–Crippen MR) is 56.8 cm³/mol. The average molecular weight is 168 g/mol. The van der Waals surface area contributed by atoms with Crippen LogP contribution in [0.4, 0.5) is 0 Å². The summed E-state index contributed by atoms with van der Waals surface area (Å²) in [5.74, 6) is 8.91. The minimum absolute atomic E-state index is 0.239. The first-order valence-corrected chi connectivity index (χ1v) is 4.24. The van der Waals surface area contributed by atoms with Crippen LogP contribution < -0.4 is 0 Å². The minimum Gasteiger partial charge on any atom is -0.114 e. The second-order valence-corrected chi connectivity index (χ2v) is 3.08. The molecule has 0 N–H and O–H groups in total. The van der Waals surface area contributed by atoms with Crippen LogP contribution in [0.2, 0.25) is 0 Å². The van der Waals surface area contributed by atoms with Crippen molar-refractivity contribution in [1.29, 1.82) is 0 Å². The van der Waals surface area contributed by atoms with Gasteiger partial charge in [0.15, 0.2) is 0 Å². The molecule has 0 amide bonds. The zero-order valence-corrected chi connectivity index (χ0v) is 7.96. The zero-order chi connectivity index (χ0) is 9.68. The van der Waals surface area contributed by atoms with Crippen LogP contribution in [0.1, 0.15) is 13.8 Å². The summed E-state index contributed by atoms with van der Waals surface area (Å²) < 4.78 is 0. The summed E-state index contributed by atoms with van der Waals surface area (Å²) in [4.78, 5) is 0. The molecule has 0 bridgehead atoms. The van der Waals surface area contributed by atoms with Crippen LogP contribution in [-0.4, -0.2) is 0 Å². The second kappa shape index (κ2) is 4.39.